The third-order valence-corrected chi connectivity index (χ3v) is 5.87. The van der Waals surface area contributed by atoms with Gasteiger partial charge in [-0.2, -0.15) is 0 Å². The summed E-state index contributed by atoms with van der Waals surface area (Å²) in [5.41, 5.74) is 9.00. The van der Waals surface area contributed by atoms with Crippen molar-refractivity contribution in [2.45, 2.75) is 33.1 Å². The van der Waals surface area contributed by atoms with Gasteiger partial charge in [0.25, 0.3) is 5.91 Å². The maximum Gasteiger partial charge on any atom is 0.414 e. The number of hydrogen-bond acceptors (Lipinski definition) is 5. The molecule has 2 aromatic carbocycles. The van der Waals surface area contributed by atoms with Crippen LogP contribution in [-0.2, 0) is 4.74 Å². The zero-order valence-electron chi connectivity index (χ0n) is 20.2. The van der Waals surface area contributed by atoms with Crippen LogP contribution in [0.5, 0.6) is 5.75 Å². The molecule has 0 saturated carbocycles. The Balaban J connectivity index is 1.60. The number of carbonyl (C=O) groups excluding carboxylic acids is 2. The van der Waals surface area contributed by atoms with Crippen molar-refractivity contribution < 1.29 is 19.1 Å². The van der Waals surface area contributed by atoms with Gasteiger partial charge < -0.3 is 15.2 Å². The minimum Gasteiger partial charge on any atom is -0.494 e. The van der Waals surface area contributed by atoms with Crippen molar-refractivity contribution in [1.82, 2.24) is 4.90 Å². The summed E-state index contributed by atoms with van der Waals surface area (Å²) >= 11 is 0. The summed E-state index contributed by atoms with van der Waals surface area (Å²) in [4.78, 5) is 28.7. The van der Waals surface area contributed by atoms with Crippen molar-refractivity contribution in [1.29, 1.82) is 0 Å². The molecule has 2 N–H and O–H groups in total. The summed E-state index contributed by atoms with van der Waals surface area (Å²) in [7, 11) is 0. The lowest BCUT2D eigenvalue weighted by Crippen LogP contribution is -2.35. The molecule has 7 nitrogen and oxygen atoms in total. The van der Waals surface area contributed by atoms with E-state index >= 15 is 0 Å². The number of unbranched alkanes of at least 4 members (excludes halogenated alkanes) is 1. The van der Waals surface area contributed by atoms with E-state index in [1.54, 1.807) is 25.1 Å². The predicted molar refractivity (Wildman–Crippen MR) is 135 cm³/mol. The molecule has 1 aliphatic heterocycles. The van der Waals surface area contributed by atoms with Gasteiger partial charge in [0, 0.05) is 19.6 Å². The zero-order valence-corrected chi connectivity index (χ0v) is 20.2. The molecule has 0 atom stereocenters. The third-order valence-electron chi connectivity index (χ3n) is 5.87. The van der Waals surface area contributed by atoms with Crippen LogP contribution in [0.3, 0.4) is 0 Å². The molecule has 7 heteroatoms. The number of nitrogens with zero attached hydrogens (tertiary/aromatic N) is 2. The fraction of sp³-hybridized carbons (Fsp3) is 0.407. The number of benzene rings is 2. The van der Waals surface area contributed by atoms with Gasteiger partial charge in [-0.25, -0.2) is 4.79 Å². The Bertz CT molecular complexity index is 991. The van der Waals surface area contributed by atoms with Crippen LogP contribution in [0.1, 0.15) is 49.0 Å². The zero-order chi connectivity index (χ0) is 24.3. The summed E-state index contributed by atoms with van der Waals surface area (Å²) in [5, 5.41) is 0. The van der Waals surface area contributed by atoms with Crippen LogP contribution in [0, 0.1) is 0 Å². The van der Waals surface area contributed by atoms with E-state index < -0.39 is 12.0 Å². The Labute approximate surface area is 202 Å². The van der Waals surface area contributed by atoms with Crippen LogP contribution in [0.15, 0.2) is 54.6 Å². The van der Waals surface area contributed by atoms with Crippen LogP contribution in [0.25, 0.3) is 5.57 Å². The number of rotatable bonds is 11. The maximum atomic E-state index is 12.7. The van der Waals surface area contributed by atoms with Gasteiger partial charge in [-0.15, -0.1) is 0 Å². The Hall–Kier alpha value is -3.32. The van der Waals surface area contributed by atoms with Crippen molar-refractivity contribution in [3.63, 3.8) is 0 Å². The molecule has 0 spiro atoms. The summed E-state index contributed by atoms with van der Waals surface area (Å²) < 4.78 is 10.7. The number of carbonyl (C=O) groups is 2. The molecule has 0 radical (unpaired) electrons. The molecule has 0 bridgehead atoms. The molecule has 1 aliphatic rings. The fourth-order valence-electron chi connectivity index (χ4n) is 4.15. The Morgan fingerprint density at radius 3 is 2.50 bits per heavy atom. The van der Waals surface area contributed by atoms with Crippen LogP contribution in [0.4, 0.5) is 10.5 Å². The van der Waals surface area contributed by atoms with Gasteiger partial charge in [-0.05, 0) is 69.0 Å². The highest BCUT2D eigenvalue weighted by molar-refractivity contribution is 6.03. The van der Waals surface area contributed by atoms with E-state index in [0.29, 0.717) is 24.6 Å². The van der Waals surface area contributed by atoms with E-state index in [4.69, 9.17) is 15.2 Å². The van der Waals surface area contributed by atoms with Gasteiger partial charge in [0.1, 0.15) is 5.75 Å². The van der Waals surface area contributed by atoms with E-state index in [2.05, 4.69) is 35.2 Å². The summed E-state index contributed by atoms with van der Waals surface area (Å²) in [6.45, 7) is 7.68. The first-order valence-corrected chi connectivity index (χ1v) is 12.0. The molecule has 2 aromatic rings. The van der Waals surface area contributed by atoms with Crippen LogP contribution >= 0.6 is 0 Å². The number of nitrogens with two attached hydrogens (primary N) is 1. The number of hydrogen-bond donors (Lipinski definition) is 1. The lowest BCUT2D eigenvalue weighted by atomic mass is 9.99. The van der Waals surface area contributed by atoms with E-state index in [9.17, 15) is 9.59 Å². The minimum absolute atomic E-state index is 0.244. The number of ether oxygens (including phenoxy) is 2. The highest BCUT2D eigenvalue weighted by atomic mass is 16.6. The second-order valence-corrected chi connectivity index (χ2v) is 8.18. The van der Waals surface area contributed by atoms with Gasteiger partial charge >= 0.3 is 6.09 Å². The third kappa shape index (κ3) is 6.84. The first-order chi connectivity index (χ1) is 16.5. The van der Waals surface area contributed by atoms with Crippen molar-refractivity contribution >= 4 is 23.3 Å². The lowest BCUT2D eigenvalue weighted by Gasteiger charge is -2.27. The monoisotopic (exact) mass is 465 g/mol. The minimum atomic E-state index is -0.611. The molecule has 0 aromatic heterocycles. The predicted octanol–water partition coefficient (Wildman–Crippen LogP) is 4.72. The first-order valence-electron chi connectivity index (χ1n) is 12.0. The summed E-state index contributed by atoms with van der Waals surface area (Å²) in [6, 6.07) is 15.5. The van der Waals surface area contributed by atoms with E-state index in [1.165, 1.54) is 16.0 Å². The molecule has 0 aliphatic carbocycles. The molecule has 182 valence electrons. The molecule has 3 rings (SSSR count). The Kier molecular flexibility index (Phi) is 9.52. The second-order valence-electron chi connectivity index (χ2n) is 8.18. The van der Waals surface area contributed by atoms with E-state index in [0.717, 1.165) is 38.9 Å². The van der Waals surface area contributed by atoms with E-state index in [1.807, 2.05) is 13.0 Å². The Morgan fingerprint density at radius 2 is 1.85 bits per heavy atom. The standard InChI is InChI=1S/C27H35N3O4/c1-3-33-23-12-13-25(24(20-23)26(28)31)30(27(32)34-4-2)17-9-8-16-29-18-14-22(15-19-29)21-10-6-5-7-11-21/h5-7,10-14,20H,3-4,8-9,15-19H2,1-2H3,(H2,28,31). The molecule has 2 amide bonds. The van der Waals surface area contributed by atoms with Crippen molar-refractivity contribution in [3.8, 4) is 5.75 Å². The van der Waals surface area contributed by atoms with Gasteiger partial charge in [0.05, 0.1) is 24.5 Å². The molecule has 0 saturated heterocycles. The highest BCUT2D eigenvalue weighted by Crippen LogP contribution is 2.27. The number of anilines is 1. The first kappa shape index (κ1) is 25.3. The van der Waals surface area contributed by atoms with Crippen molar-refractivity contribution in [2.75, 3.05) is 44.3 Å². The fourth-order valence-corrected chi connectivity index (χ4v) is 4.15. The lowest BCUT2D eigenvalue weighted by molar-refractivity contribution is 0.100. The molecule has 1 heterocycles. The molecule has 0 fully saturated rings. The molecular formula is C27H35N3O4. The second kappa shape index (κ2) is 12.8. The van der Waals surface area contributed by atoms with Crippen molar-refractivity contribution in [3.05, 3.63) is 65.7 Å². The van der Waals surface area contributed by atoms with E-state index in [-0.39, 0.29) is 12.2 Å². The maximum absolute atomic E-state index is 12.7. The van der Waals surface area contributed by atoms with Gasteiger partial charge in [0.2, 0.25) is 0 Å². The quantitative estimate of drug-likeness (QED) is 0.486. The summed E-state index contributed by atoms with van der Waals surface area (Å²) in [5.74, 6) is -0.0722. The van der Waals surface area contributed by atoms with Gasteiger partial charge in [-0.3, -0.25) is 14.6 Å². The number of amides is 2. The molecule has 34 heavy (non-hydrogen) atoms. The largest absolute Gasteiger partial charge is 0.494 e. The average Bonchev–Trinajstić information content (AvgIpc) is 2.85. The smallest absolute Gasteiger partial charge is 0.414 e. The SMILES string of the molecule is CCOC(=O)N(CCCCN1CC=C(c2ccccc2)CC1)c1ccc(OCC)cc1C(N)=O. The van der Waals surface area contributed by atoms with Crippen LogP contribution in [-0.4, -0.2) is 56.3 Å². The molecular weight excluding hydrogens is 430 g/mol. The topological polar surface area (TPSA) is 85.1 Å². The average molecular weight is 466 g/mol. The van der Waals surface area contributed by atoms with Gasteiger partial charge in [-0.1, -0.05) is 36.4 Å². The Morgan fingerprint density at radius 1 is 1.06 bits per heavy atom. The van der Waals surface area contributed by atoms with Crippen LogP contribution in [0.2, 0.25) is 0 Å². The van der Waals surface area contributed by atoms with Gasteiger partial charge in [0.15, 0.2) is 0 Å². The van der Waals surface area contributed by atoms with Crippen molar-refractivity contribution in [2.24, 2.45) is 5.73 Å². The van der Waals surface area contributed by atoms with Crippen LogP contribution < -0.4 is 15.4 Å². The number of primary amides is 1. The normalized spacial score (nSPS) is 13.8. The highest BCUT2D eigenvalue weighted by Gasteiger charge is 2.23. The molecule has 0 unspecified atom stereocenters. The summed E-state index contributed by atoms with van der Waals surface area (Å²) in [6.07, 6.45) is 4.56.